The minimum absolute atomic E-state index is 0.0177. The first-order valence-electron chi connectivity index (χ1n) is 6.42. The third-order valence-corrected chi connectivity index (χ3v) is 3.43. The summed E-state index contributed by atoms with van der Waals surface area (Å²) in [6, 6.07) is 17.6. The molecule has 19 heavy (non-hydrogen) atoms. The molecule has 0 saturated carbocycles. The van der Waals surface area contributed by atoms with Crippen LogP contribution in [0.3, 0.4) is 0 Å². The van der Waals surface area contributed by atoms with Gasteiger partial charge in [0, 0.05) is 18.4 Å². The van der Waals surface area contributed by atoms with Crippen molar-refractivity contribution in [1.82, 2.24) is 0 Å². The lowest BCUT2D eigenvalue weighted by molar-refractivity contribution is -0.117. The van der Waals surface area contributed by atoms with Gasteiger partial charge in [-0.1, -0.05) is 48.5 Å². The largest absolute Gasteiger partial charge is 0.373 e. The fourth-order valence-corrected chi connectivity index (χ4v) is 2.51. The molecule has 1 fully saturated rings. The number of nitrogens with zero attached hydrogens (tertiary/aromatic N) is 1. The van der Waals surface area contributed by atoms with Crippen molar-refractivity contribution in [3.8, 4) is 11.1 Å². The van der Waals surface area contributed by atoms with Gasteiger partial charge in [-0.3, -0.25) is 9.69 Å². The zero-order chi connectivity index (χ0) is 13.2. The molecule has 96 valence electrons. The van der Waals surface area contributed by atoms with Crippen LogP contribution in [0.5, 0.6) is 0 Å². The molecule has 1 amide bonds. The Morgan fingerprint density at radius 3 is 2.37 bits per heavy atom. The smallest absolute Gasteiger partial charge is 0.229 e. The second kappa shape index (κ2) is 4.86. The SMILES string of the molecule is O=C1CCC(O)N1c1ccccc1-c1ccccc1. The lowest BCUT2D eigenvalue weighted by Gasteiger charge is -2.23. The molecule has 1 heterocycles. The van der Waals surface area contributed by atoms with Crippen molar-refractivity contribution in [3.63, 3.8) is 0 Å². The lowest BCUT2D eigenvalue weighted by atomic mass is 10.0. The van der Waals surface area contributed by atoms with Crippen LogP contribution in [0, 0.1) is 0 Å². The summed E-state index contributed by atoms with van der Waals surface area (Å²) in [6.45, 7) is 0. The van der Waals surface area contributed by atoms with Crippen LogP contribution in [0.25, 0.3) is 11.1 Å². The Kier molecular flexibility index (Phi) is 3.05. The summed E-state index contributed by atoms with van der Waals surface area (Å²) in [5, 5.41) is 9.99. The van der Waals surface area contributed by atoms with Crippen LogP contribution >= 0.6 is 0 Å². The number of hydrogen-bond acceptors (Lipinski definition) is 2. The van der Waals surface area contributed by atoms with Crippen molar-refractivity contribution in [2.75, 3.05) is 4.90 Å². The average Bonchev–Trinajstić information content (AvgIpc) is 2.79. The zero-order valence-corrected chi connectivity index (χ0v) is 10.5. The Hall–Kier alpha value is -2.13. The summed E-state index contributed by atoms with van der Waals surface area (Å²) in [6.07, 6.45) is 0.198. The molecule has 3 rings (SSSR count). The summed E-state index contributed by atoms with van der Waals surface area (Å²) >= 11 is 0. The first-order valence-corrected chi connectivity index (χ1v) is 6.42. The number of benzene rings is 2. The maximum Gasteiger partial charge on any atom is 0.229 e. The third-order valence-electron chi connectivity index (χ3n) is 3.43. The van der Waals surface area contributed by atoms with Crippen LogP contribution in [0.1, 0.15) is 12.8 Å². The molecular formula is C16H15NO2. The number of rotatable bonds is 2. The van der Waals surface area contributed by atoms with E-state index in [-0.39, 0.29) is 5.91 Å². The molecule has 0 aliphatic carbocycles. The van der Waals surface area contributed by atoms with Crippen LogP contribution in [-0.4, -0.2) is 17.2 Å². The molecule has 1 aliphatic rings. The standard InChI is InChI=1S/C16H15NO2/c18-15-10-11-16(19)17(15)14-9-5-4-8-13(14)12-6-2-1-3-7-12/h1-9,15,18H,10-11H2. The van der Waals surface area contributed by atoms with Gasteiger partial charge in [0.2, 0.25) is 5.91 Å². The van der Waals surface area contributed by atoms with E-state index in [4.69, 9.17) is 0 Å². The zero-order valence-electron chi connectivity index (χ0n) is 10.5. The lowest BCUT2D eigenvalue weighted by Crippen LogP contribution is -2.32. The van der Waals surface area contributed by atoms with Crippen molar-refractivity contribution in [2.45, 2.75) is 19.1 Å². The molecule has 2 aromatic carbocycles. The van der Waals surface area contributed by atoms with Crippen LogP contribution < -0.4 is 4.90 Å². The monoisotopic (exact) mass is 253 g/mol. The quantitative estimate of drug-likeness (QED) is 0.894. The average molecular weight is 253 g/mol. The van der Waals surface area contributed by atoms with Crippen molar-refractivity contribution in [1.29, 1.82) is 0 Å². The summed E-state index contributed by atoms with van der Waals surface area (Å²) in [5.41, 5.74) is 2.80. The molecule has 0 radical (unpaired) electrons. The highest BCUT2D eigenvalue weighted by Crippen LogP contribution is 2.34. The van der Waals surface area contributed by atoms with Crippen molar-refractivity contribution >= 4 is 11.6 Å². The first-order chi connectivity index (χ1) is 9.27. The van der Waals surface area contributed by atoms with Crippen molar-refractivity contribution in [2.24, 2.45) is 0 Å². The van der Waals surface area contributed by atoms with Crippen LogP contribution in [0.15, 0.2) is 54.6 Å². The van der Waals surface area contributed by atoms with Gasteiger partial charge in [-0.05, 0) is 11.6 Å². The normalized spacial score (nSPS) is 18.9. The minimum atomic E-state index is -0.711. The Morgan fingerprint density at radius 2 is 1.68 bits per heavy atom. The third kappa shape index (κ3) is 2.13. The molecule has 3 nitrogen and oxygen atoms in total. The topological polar surface area (TPSA) is 40.5 Å². The van der Waals surface area contributed by atoms with Gasteiger partial charge in [0.1, 0.15) is 6.23 Å². The maximum absolute atomic E-state index is 11.9. The van der Waals surface area contributed by atoms with E-state index < -0.39 is 6.23 Å². The van der Waals surface area contributed by atoms with E-state index in [0.717, 1.165) is 16.8 Å². The summed E-state index contributed by atoms with van der Waals surface area (Å²) in [7, 11) is 0. The molecular weight excluding hydrogens is 238 g/mol. The van der Waals surface area contributed by atoms with Crippen molar-refractivity contribution < 1.29 is 9.90 Å². The number of anilines is 1. The van der Waals surface area contributed by atoms with Gasteiger partial charge in [0.15, 0.2) is 0 Å². The summed E-state index contributed by atoms with van der Waals surface area (Å²) < 4.78 is 0. The van der Waals surface area contributed by atoms with Gasteiger partial charge in [-0.2, -0.15) is 0 Å². The Balaban J connectivity index is 2.10. The van der Waals surface area contributed by atoms with E-state index in [9.17, 15) is 9.90 Å². The van der Waals surface area contributed by atoms with Gasteiger partial charge in [-0.15, -0.1) is 0 Å². The highest BCUT2D eigenvalue weighted by atomic mass is 16.3. The Bertz CT molecular complexity index is 595. The van der Waals surface area contributed by atoms with Gasteiger partial charge in [0.05, 0.1) is 5.69 Å². The van der Waals surface area contributed by atoms with E-state index >= 15 is 0 Å². The molecule has 2 aromatic rings. The summed E-state index contributed by atoms with van der Waals surface area (Å²) in [4.78, 5) is 13.4. The number of carbonyl (C=O) groups is 1. The molecule has 3 heteroatoms. The Labute approximate surface area is 112 Å². The predicted octanol–water partition coefficient (Wildman–Crippen LogP) is 2.80. The number of aliphatic hydroxyl groups excluding tert-OH is 1. The Morgan fingerprint density at radius 1 is 1.00 bits per heavy atom. The highest BCUT2D eigenvalue weighted by Gasteiger charge is 2.31. The number of amides is 1. The van der Waals surface area contributed by atoms with Gasteiger partial charge in [0.25, 0.3) is 0 Å². The predicted molar refractivity (Wildman–Crippen MR) is 74.6 cm³/mol. The van der Waals surface area contributed by atoms with E-state index in [1.54, 1.807) is 0 Å². The molecule has 1 saturated heterocycles. The second-order valence-corrected chi connectivity index (χ2v) is 4.67. The molecule has 1 atom stereocenters. The van der Waals surface area contributed by atoms with Gasteiger partial charge >= 0.3 is 0 Å². The molecule has 1 aliphatic heterocycles. The molecule has 1 unspecified atom stereocenters. The van der Waals surface area contributed by atoms with E-state index in [1.165, 1.54) is 4.90 Å². The van der Waals surface area contributed by atoms with Gasteiger partial charge in [-0.25, -0.2) is 0 Å². The molecule has 0 spiro atoms. The van der Waals surface area contributed by atoms with E-state index in [0.29, 0.717) is 12.8 Å². The molecule has 1 N–H and O–H groups in total. The minimum Gasteiger partial charge on any atom is -0.373 e. The summed E-state index contributed by atoms with van der Waals surface area (Å²) in [5.74, 6) is -0.0177. The van der Waals surface area contributed by atoms with Crippen molar-refractivity contribution in [3.05, 3.63) is 54.6 Å². The van der Waals surface area contributed by atoms with Gasteiger partial charge < -0.3 is 5.11 Å². The highest BCUT2D eigenvalue weighted by molar-refractivity contribution is 5.99. The van der Waals surface area contributed by atoms with Crippen LogP contribution in [-0.2, 0) is 4.79 Å². The molecule has 0 aromatic heterocycles. The van der Waals surface area contributed by atoms with E-state index in [1.807, 2.05) is 54.6 Å². The second-order valence-electron chi connectivity index (χ2n) is 4.67. The molecule has 0 bridgehead atoms. The van der Waals surface area contributed by atoms with Crippen LogP contribution in [0.2, 0.25) is 0 Å². The fraction of sp³-hybridized carbons (Fsp3) is 0.188. The maximum atomic E-state index is 11.9. The van der Waals surface area contributed by atoms with E-state index in [2.05, 4.69) is 0 Å². The first kappa shape index (κ1) is 11.9. The number of carbonyl (C=O) groups excluding carboxylic acids is 1. The number of hydrogen-bond donors (Lipinski definition) is 1. The van der Waals surface area contributed by atoms with Crippen LogP contribution in [0.4, 0.5) is 5.69 Å². The number of para-hydroxylation sites is 1. The number of aliphatic hydroxyl groups is 1. The fourth-order valence-electron chi connectivity index (χ4n) is 2.51.